The molecule has 13 heteroatoms. The van der Waals surface area contributed by atoms with E-state index in [4.69, 9.17) is 19.9 Å². The number of primary amides is 1. The van der Waals surface area contributed by atoms with Gasteiger partial charge in [-0.25, -0.2) is 4.79 Å². The monoisotopic (exact) mass is 429 g/mol. The van der Waals surface area contributed by atoms with Crippen LogP contribution in [-0.4, -0.2) is 81.0 Å². The van der Waals surface area contributed by atoms with Crippen LogP contribution in [0.15, 0.2) is 29.2 Å². The third-order valence-electron chi connectivity index (χ3n) is 5.83. The molecule has 0 bridgehead atoms. The van der Waals surface area contributed by atoms with Crippen LogP contribution in [0.4, 0.5) is 10.6 Å². The number of nitrogens with one attached hydrogen (secondary N) is 3. The molecule has 3 aliphatic heterocycles. The zero-order valence-electron chi connectivity index (χ0n) is 16.2. The third kappa shape index (κ3) is 2.88. The quantitative estimate of drug-likeness (QED) is 0.232. The Kier molecular flexibility index (Phi) is 4.77. The Balaban J connectivity index is 0.000000535. The van der Waals surface area contributed by atoms with Gasteiger partial charge in [0.1, 0.15) is 11.6 Å². The van der Waals surface area contributed by atoms with Crippen molar-refractivity contribution >= 4 is 23.5 Å². The number of nitriles is 1. The molecule has 31 heavy (non-hydrogen) atoms. The SMILES string of the molecule is COC12C(CO)C3=C(C(=O)C=C(Nc4n[nH]cc4C#N)C3=O)N1CC1NC12.NC(=O)O. The lowest BCUT2D eigenvalue weighted by Crippen LogP contribution is -2.54. The second-order valence-corrected chi connectivity index (χ2v) is 7.29. The van der Waals surface area contributed by atoms with Gasteiger partial charge in [0.15, 0.2) is 11.5 Å². The van der Waals surface area contributed by atoms with Gasteiger partial charge in [-0.05, 0) is 0 Å². The van der Waals surface area contributed by atoms with Crippen LogP contribution in [0.5, 0.6) is 0 Å². The first-order valence-corrected chi connectivity index (χ1v) is 9.24. The highest BCUT2D eigenvalue weighted by molar-refractivity contribution is 6.24. The predicted molar refractivity (Wildman–Crippen MR) is 102 cm³/mol. The summed E-state index contributed by atoms with van der Waals surface area (Å²) in [6.45, 7) is 0.216. The molecule has 4 atom stereocenters. The van der Waals surface area contributed by atoms with Crippen molar-refractivity contribution in [1.29, 1.82) is 5.26 Å². The summed E-state index contributed by atoms with van der Waals surface area (Å²) in [5.74, 6) is -1.23. The number of aromatic amines is 1. The van der Waals surface area contributed by atoms with Gasteiger partial charge in [0.05, 0.1) is 30.0 Å². The molecule has 2 saturated heterocycles. The van der Waals surface area contributed by atoms with Gasteiger partial charge >= 0.3 is 6.09 Å². The molecule has 1 aliphatic carbocycles. The number of H-pyrrole nitrogens is 1. The molecule has 13 nitrogen and oxygen atoms in total. The Morgan fingerprint density at radius 2 is 2.26 bits per heavy atom. The molecule has 0 spiro atoms. The summed E-state index contributed by atoms with van der Waals surface area (Å²) in [6, 6.07) is 2.09. The van der Waals surface area contributed by atoms with Gasteiger partial charge in [0.2, 0.25) is 11.6 Å². The van der Waals surface area contributed by atoms with Gasteiger partial charge in [-0.2, -0.15) is 10.4 Å². The van der Waals surface area contributed by atoms with Crippen molar-refractivity contribution in [3.05, 3.63) is 34.8 Å². The Labute approximate surface area is 175 Å². The first-order chi connectivity index (χ1) is 14.8. The van der Waals surface area contributed by atoms with E-state index in [2.05, 4.69) is 26.6 Å². The van der Waals surface area contributed by atoms with Gasteiger partial charge in [-0.3, -0.25) is 14.7 Å². The molecule has 7 N–H and O–H groups in total. The summed E-state index contributed by atoms with van der Waals surface area (Å²) in [5.41, 5.74) is 3.87. The van der Waals surface area contributed by atoms with Crippen molar-refractivity contribution in [3.63, 3.8) is 0 Å². The molecule has 162 valence electrons. The largest absolute Gasteiger partial charge is 0.465 e. The molecule has 0 radical (unpaired) electrons. The zero-order valence-corrected chi connectivity index (χ0v) is 16.2. The number of anilines is 1. The van der Waals surface area contributed by atoms with E-state index in [0.29, 0.717) is 12.2 Å². The van der Waals surface area contributed by atoms with Crippen LogP contribution in [0.1, 0.15) is 5.56 Å². The number of fused-ring (bicyclic) bond motifs is 4. The Hall–Kier alpha value is -3.73. The van der Waals surface area contributed by atoms with E-state index >= 15 is 0 Å². The topological polar surface area (TPSA) is 217 Å². The number of nitrogens with zero attached hydrogens (tertiary/aromatic N) is 3. The number of carbonyl (C=O) groups is 3. The number of aliphatic hydroxyl groups excluding tert-OH is 1. The Morgan fingerprint density at radius 3 is 2.87 bits per heavy atom. The van der Waals surface area contributed by atoms with E-state index in [1.165, 1.54) is 19.4 Å². The van der Waals surface area contributed by atoms with Crippen molar-refractivity contribution in [1.82, 2.24) is 20.4 Å². The van der Waals surface area contributed by atoms with Crippen LogP contribution in [0.2, 0.25) is 0 Å². The first kappa shape index (κ1) is 20.5. The van der Waals surface area contributed by atoms with E-state index in [0.717, 1.165) is 0 Å². The number of amides is 1. The fourth-order valence-electron chi connectivity index (χ4n) is 4.67. The number of ketones is 2. The second-order valence-electron chi connectivity index (χ2n) is 7.29. The Bertz CT molecular complexity index is 1080. The van der Waals surface area contributed by atoms with Crippen LogP contribution in [-0.2, 0) is 14.3 Å². The molecule has 1 amide bonds. The lowest BCUT2D eigenvalue weighted by atomic mass is 9.84. The summed E-state index contributed by atoms with van der Waals surface area (Å²) in [7, 11) is 1.53. The van der Waals surface area contributed by atoms with Crippen LogP contribution < -0.4 is 16.4 Å². The van der Waals surface area contributed by atoms with Gasteiger partial charge in [0.25, 0.3) is 0 Å². The molecule has 4 aliphatic rings. The standard InChI is InChI=1S/C17H16N6O4.CH3NO2/c1-27-17-8(6-24)12-13(23(17)5-10-15(17)20-10)11(25)2-9(14(12)26)21-16-7(3-18)4-19-22-16;2-1(3)4/h2,4,8,10,15,20,24H,5-6H2,1H3,(H2,19,21,22);2H2,(H,3,4). The smallest absolute Gasteiger partial charge is 0.402 e. The van der Waals surface area contributed by atoms with Gasteiger partial charge in [-0.1, -0.05) is 0 Å². The fraction of sp³-hybridized carbons (Fsp3) is 0.389. The van der Waals surface area contributed by atoms with Gasteiger partial charge < -0.3 is 36.2 Å². The van der Waals surface area contributed by atoms with Crippen LogP contribution >= 0.6 is 0 Å². The average Bonchev–Trinajstić information content (AvgIpc) is 3.09. The maximum atomic E-state index is 13.2. The molecule has 0 saturated carbocycles. The summed E-state index contributed by atoms with van der Waals surface area (Å²) >= 11 is 0. The molecule has 0 aromatic carbocycles. The number of carboxylic acid groups (broad SMARTS) is 1. The van der Waals surface area contributed by atoms with E-state index in [1.54, 1.807) is 0 Å². The molecule has 1 aromatic rings. The number of hydrogen-bond donors (Lipinski definition) is 6. The van der Waals surface area contributed by atoms with Crippen LogP contribution in [0.3, 0.4) is 0 Å². The molecule has 5 rings (SSSR count). The average molecular weight is 429 g/mol. The van der Waals surface area contributed by atoms with Gasteiger partial charge in [-0.15, -0.1) is 0 Å². The molecular weight excluding hydrogens is 410 g/mol. The minimum absolute atomic E-state index is 0.0218. The van der Waals surface area contributed by atoms with Crippen LogP contribution in [0, 0.1) is 17.2 Å². The number of rotatable bonds is 4. The lowest BCUT2D eigenvalue weighted by molar-refractivity contribution is -0.136. The van der Waals surface area contributed by atoms with Gasteiger partial charge in [0, 0.05) is 37.5 Å². The number of nitrogens with two attached hydrogens (primary N) is 1. The number of hydrogen-bond acceptors (Lipinski definition) is 10. The van der Waals surface area contributed by atoms with Crippen molar-refractivity contribution in [2.75, 3.05) is 25.6 Å². The molecular formula is C18H19N7O6. The zero-order chi connectivity index (χ0) is 22.5. The van der Waals surface area contributed by atoms with Crippen molar-refractivity contribution in [2.24, 2.45) is 11.7 Å². The number of aliphatic hydroxyl groups is 1. The minimum atomic E-state index is -1.33. The minimum Gasteiger partial charge on any atom is -0.465 e. The number of piperazine rings is 1. The number of allylic oxidation sites excluding steroid dienone is 2. The maximum absolute atomic E-state index is 13.2. The third-order valence-corrected chi connectivity index (χ3v) is 5.83. The molecule has 1 aromatic heterocycles. The van der Waals surface area contributed by atoms with E-state index < -0.39 is 23.5 Å². The summed E-state index contributed by atoms with van der Waals surface area (Å²) < 4.78 is 5.80. The summed E-state index contributed by atoms with van der Waals surface area (Å²) in [4.78, 5) is 36.7. The number of carbonyl (C=O) groups excluding carboxylic acids is 2. The molecule has 2 fully saturated rings. The van der Waals surface area contributed by atoms with Crippen molar-refractivity contribution < 1.29 is 29.3 Å². The number of methoxy groups -OCH3 is 1. The lowest BCUT2D eigenvalue weighted by Gasteiger charge is -2.39. The summed E-state index contributed by atoms with van der Waals surface area (Å²) in [6.07, 6.45) is 1.28. The summed E-state index contributed by atoms with van der Waals surface area (Å²) in [5, 5.41) is 38.9. The highest BCUT2D eigenvalue weighted by Gasteiger charge is 2.72. The second kappa shape index (κ2) is 7.20. The maximum Gasteiger partial charge on any atom is 0.402 e. The van der Waals surface area contributed by atoms with E-state index in [-0.39, 0.29) is 47.1 Å². The van der Waals surface area contributed by atoms with Crippen LogP contribution in [0.25, 0.3) is 0 Å². The number of Topliss-reactive ketones (excluding diaryl/α,β-unsaturated/α-hetero) is 1. The van der Waals surface area contributed by atoms with Crippen molar-refractivity contribution in [3.8, 4) is 6.07 Å². The highest BCUT2D eigenvalue weighted by Crippen LogP contribution is 2.54. The normalized spacial score (nSPS) is 29.9. The van der Waals surface area contributed by atoms with Crippen molar-refractivity contribution in [2.45, 2.75) is 17.8 Å². The molecule has 4 unspecified atom stereocenters. The van der Waals surface area contributed by atoms with E-state index in [1.807, 2.05) is 11.0 Å². The van der Waals surface area contributed by atoms with E-state index in [9.17, 15) is 14.7 Å². The predicted octanol–water partition coefficient (Wildman–Crippen LogP) is -1.77. The number of aromatic nitrogens is 2. The Morgan fingerprint density at radius 1 is 1.55 bits per heavy atom. The fourth-order valence-corrected chi connectivity index (χ4v) is 4.67. The highest BCUT2D eigenvalue weighted by atomic mass is 16.5. The number of ether oxygens (including phenoxy) is 1. The first-order valence-electron chi connectivity index (χ1n) is 9.24. The molecule has 4 heterocycles.